The Labute approximate surface area is 92.1 Å². The van der Waals surface area contributed by atoms with Crippen LogP contribution in [0, 0.1) is 17.6 Å². The Kier molecular flexibility index (Phi) is 4.22. The molecule has 1 aromatic rings. The Bertz CT molecular complexity index is 382. The van der Waals surface area contributed by atoms with Crippen LogP contribution in [0.25, 0.3) is 0 Å². The van der Waals surface area contributed by atoms with Crippen LogP contribution in [0.2, 0.25) is 0 Å². The van der Waals surface area contributed by atoms with Gasteiger partial charge in [0, 0.05) is 12.2 Å². The minimum absolute atomic E-state index is 0.191. The number of hydrogen-bond acceptors (Lipinski definition) is 2. The van der Waals surface area contributed by atoms with E-state index in [2.05, 4.69) is 5.32 Å². The summed E-state index contributed by atoms with van der Waals surface area (Å²) in [6, 6.07) is 3.37. The largest absolute Gasteiger partial charge is 0.481 e. The van der Waals surface area contributed by atoms with Crippen LogP contribution in [0.15, 0.2) is 18.2 Å². The van der Waals surface area contributed by atoms with E-state index in [1.165, 1.54) is 6.07 Å². The predicted molar refractivity (Wildman–Crippen MR) is 56.3 cm³/mol. The summed E-state index contributed by atoms with van der Waals surface area (Å²) in [5, 5.41) is 11.5. The summed E-state index contributed by atoms with van der Waals surface area (Å²) in [6.45, 7) is 1.95. The lowest BCUT2D eigenvalue weighted by molar-refractivity contribution is -0.141. The van der Waals surface area contributed by atoms with Gasteiger partial charge in [0.25, 0.3) is 0 Å². The summed E-state index contributed by atoms with van der Waals surface area (Å²) in [5.74, 6) is -3.31. The van der Waals surface area contributed by atoms with Crippen molar-refractivity contribution in [3.05, 3.63) is 29.8 Å². The standard InChI is InChI=1S/C11H13F2NO2/c1-2-7(11(15)16)6-14-8-3-4-9(12)10(13)5-8/h3-5,7,14H,2,6H2,1H3,(H,15,16). The van der Waals surface area contributed by atoms with Gasteiger partial charge in [-0.3, -0.25) is 4.79 Å². The van der Waals surface area contributed by atoms with Gasteiger partial charge in [-0.05, 0) is 24.6 Å². The summed E-state index contributed by atoms with van der Waals surface area (Å²) in [6.07, 6.45) is 0.478. The van der Waals surface area contributed by atoms with Crippen molar-refractivity contribution >= 4 is 11.7 Å². The van der Waals surface area contributed by atoms with Crippen LogP contribution in [0.3, 0.4) is 0 Å². The van der Waals surface area contributed by atoms with Crippen LogP contribution in [0.5, 0.6) is 0 Å². The summed E-state index contributed by atoms with van der Waals surface area (Å²) >= 11 is 0. The highest BCUT2D eigenvalue weighted by molar-refractivity contribution is 5.70. The van der Waals surface area contributed by atoms with Gasteiger partial charge in [0.05, 0.1) is 5.92 Å². The second kappa shape index (κ2) is 5.44. The summed E-state index contributed by atoms with van der Waals surface area (Å²) in [4.78, 5) is 10.7. The van der Waals surface area contributed by atoms with Gasteiger partial charge in [-0.1, -0.05) is 6.92 Å². The van der Waals surface area contributed by atoms with Crippen molar-refractivity contribution < 1.29 is 18.7 Å². The van der Waals surface area contributed by atoms with Crippen molar-refractivity contribution in [3.63, 3.8) is 0 Å². The van der Waals surface area contributed by atoms with E-state index >= 15 is 0 Å². The average Bonchev–Trinajstić information content (AvgIpc) is 2.23. The molecule has 0 aromatic heterocycles. The maximum atomic E-state index is 12.8. The van der Waals surface area contributed by atoms with Gasteiger partial charge in [0.2, 0.25) is 0 Å². The quantitative estimate of drug-likeness (QED) is 0.815. The molecule has 0 bridgehead atoms. The summed E-state index contributed by atoms with van der Waals surface area (Å²) in [5.41, 5.74) is 0.374. The number of rotatable bonds is 5. The number of halogens is 2. The highest BCUT2D eigenvalue weighted by atomic mass is 19.2. The number of carbonyl (C=O) groups is 1. The van der Waals surface area contributed by atoms with Gasteiger partial charge in [-0.2, -0.15) is 0 Å². The number of anilines is 1. The number of nitrogens with one attached hydrogen (secondary N) is 1. The minimum Gasteiger partial charge on any atom is -0.481 e. The number of benzene rings is 1. The van der Waals surface area contributed by atoms with Crippen LogP contribution in [0.4, 0.5) is 14.5 Å². The fraction of sp³-hybridized carbons (Fsp3) is 0.364. The molecule has 3 nitrogen and oxygen atoms in total. The molecular formula is C11H13F2NO2. The zero-order chi connectivity index (χ0) is 12.1. The van der Waals surface area contributed by atoms with E-state index in [1.54, 1.807) is 6.92 Å². The number of carboxylic acid groups (broad SMARTS) is 1. The van der Waals surface area contributed by atoms with E-state index in [4.69, 9.17) is 5.11 Å². The molecule has 0 spiro atoms. The third-order valence-corrected chi connectivity index (χ3v) is 2.31. The van der Waals surface area contributed by atoms with E-state index in [1.807, 2.05) is 0 Å². The van der Waals surface area contributed by atoms with Crippen LogP contribution < -0.4 is 5.32 Å². The molecule has 0 heterocycles. The second-order valence-corrected chi connectivity index (χ2v) is 3.45. The van der Waals surface area contributed by atoms with Crippen molar-refractivity contribution in [2.75, 3.05) is 11.9 Å². The summed E-state index contributed by atoms with van der Waals surface area (Å²) < 4.78 is 25.4. The molecule has 0 aliphatic heterocycles. The lowest BCUT2D eigenvalue weighted by Gasteiger charge is -2.12. The zero-order valence-corrected chi connectivity index (χ0v) is 8.84. The van der Waals surface area contributed by atoms with Crippen molar-refractivity contribution in [3.8, 4) is 0 Å². The Hall–Kier alpha value is -1.65. The predicted octanol–water partition coefficient (Wildman–Crippen LogP) is 2.49. The molecule has 1 rings (SSSR count). The molecular weight excluding hydrogens is 216 g/mol. The fourth-order valence-electron chi connectivity index (χ4n) is 1.25. The first kappa shape index (κ1) is 12.4. The van der Waals surface area contributed by atoms with Crippen molar-refractivity contribution in [1.82, 2.24) is 0 Å². The molecule has 1 aromatic carbocycles. The number of aliphatic carboxylic acids is 1. The minimum atomic E-state index is -0.951. The van der Waals surface area contributed by atoms with Crippen LogP contribution in [-0.2, 0) is 4.79 Å². The number of hydrogen-bond donors (Lipinski definition) is 2. The second-order valence-electron chi connectivity index (χ2n) is 3.45. The normalized spacial score (nSPS) is 12.2. The Balaban J connectivity index is 2.60. The first-order chi connectivity index (χ1) is 7.54. The highest BCUT2D eigenvalue weighted by Gasteiger charge is 2.14. The smallest absolute Gasteiger partial charge is 0.308 e. The molecule has 16 heavy (non-hydrogen) atoms. The van der Waals surface area contributed by atoms with Gasteiger partial charge in [0.1, 0.15) is 0 Å². The fourth-order valence-corrected chi connectivity index (χ4v) is 1.25. The molecule has 0 saturated heterocycles. The maximum Gasteiger partial charge on any atom is 0.308 e. The Morgan fingerprint density at radius 2 is 2.12 bits per heavy atom. The first-order valence-electron chi connectivity index (χ1n) is 4.96. The molecule has 1 unspecified atom stereocenters. The summed E-state index contributed by atoms with van der Waals surface area (Å²) in [7, 11) is 0. The maximum absolute atomic E-state index is 12.8. The van der Waals surface area contributed by atoms with Crippen molar-refractivity contribution in [2.24, 2.45) is 5.92 Å². The third kappa shape index (κ3) is 3.18. The van der Waals surface area contributed by atoms with E-state index in [-0.39, 0.29) is 6.54 Å². The topological polar surface area (TPSA) is 49.3 Å². The van der Waals surface area contributed by atoms with Crippen LogP contribution in [0.1, 0.15) is 13.3 Å². The van der Waals surface area contributed by atoms with E-state index < -0.39 is 23.5 Å². The van der Waals surface area contributed by atoms with Gasteiger partial charge in [-0.15, -0.1) is 0 Å². The molecule has 2 N–H and O–H groups in total. The van der Waals surface area contributed by atoms with Gasteiger partial charge < -0.3 is 10.4 Å². The molecule has 0 fully saturated rings. The number of carboxylic acids is 1. The molecule has 0 aliphatic carbocycles. The third-order valence-electron chi connectivity index (χ3n) is 2.31. The lowest BCUT2D eigenvalue weighted by Crippen LogP contribution is -2.22. The van der Waals surface area contributed by atoms with Crippen LogP contribution in [-0.4, -0.2) is 17.6 Å². The first-order valence-corrected chi connectivity index (χ1v) is 4.96. The van der Waals surface area contributed by atoms with Crippen molar-refractivity contribution in [1.29, 1.82) is 0 Å². The van der Waals surface area contributed by atoms with Gasteiger partial charge in [-0.25, -0.2) is 8.78 Å². The zero-order valence-electron chi connectivity index (χ0n) is 8.84. The average molecular weight is 229 g/mol. The Morgan fingerprint density at radius 1 is 1.44 bits per heavy atom. The molecule has 0 aliphatic rings. The van der Waals surface area contributed by atoms with E-state index in [0.29, 0.717) is 12.1 Å². The monoisotopic (exact) mass is 229 g/mol. The van der Waals surface area contributed by atoms with E-state index in [9.17, 15) is 13.6 Å². The van der Waals surface area contributed by atoms with Crippen LogP contribution >= 0.6 is 0 Å². The molecule has 5 heteroatoms. The molecule has 0 amide bonds. The van der Waals surface area contributed by atoms with Crippen molar-refractivity contribution in [2.45, 2.75) is 13.3 Å². The van der Waals surface area contributed by atoms with Gasteiger partial charge in [0.15, 0.2) is 11.6 Å². The highest BCUT2D eigenvalue weighted by Crippen LogP contribution is 2.14. The SMILES string of the molecule is CCC(CNc1ccc(F)c(F)c1)C(=O)O. The lowest BCUT2D eigenvalue weighted by atomic mass is 10.1. The van der Waals surface area contributed by atoms with E-state index in [0.717, 1.165) is 12.1 Å². The molecule has 1 atom stereocenters. The molecule has 0 radical (unpaired) electrons. The van der Waals surface area contributed by atoms with Gasteiger partial charge >= 0.3 is 5.97 Å². The Morgan fingerprint density at radius 3 is 2.62 bits per heavy atom. The molecule has 0 saturated carbocycles. The molecule has 88 valence electrons.